The molecule has 1 fully saturated rings. The predicted molar refractivity (Wildman–Crippen MR) is 91.7 cm³/mol. The van der Waals surface area contributed by atoms with Gasteiger partial charge in [0, 0.05) is 36.5 Å². The zero-order valence-corrected chi connectivity index (χ0v) is 13.3. The number of nitrogens with zero attached hydrogens (tertiary/aromatic N) is 3. The molecule has 1 saturated carbocycles. The number of hydrogen-bond acceptors (Lipinski definition) is 5. The molecular weight excluding hydrogens is 286 g/mol. The quantitative estimate of drug-likeness (QED) is 0.849. The molecule has 5 heteroatoms. The molecule has 1 aliphatic heterocycles. The van der Waals surface area contributed by atoms with Gasteiger partial charge in [-0.1, -0.05) is 31.7 Å². The second-order valence-corrected chi connectivity index (χ2v) is 6.51. The summed E-state index contributed by atoms with van der Waals surface area (Å²) in [7, 11) is 0. The van der Waals surface area contributed by atoms with Crippen LogP contribution < -0.4 is 10.6 Å². The molecule has 0 saturated heterocycles. The summed E-state index contributed by atoms with van der Waals surface area (Å²) < 4.78 is 0. The Balaban J connectivity index is 1.53. The van der Waals surface area contributed by atoms with Gasteiger partial charge in [-0.15, -0.1) is 0 Å². The number of aromatic nitrogens is 3. The number of hydrogen-bond donors (Lipinski definition) is 2. The molecule has 1 unspecified atom stereocenters. The van der Waals surface area contributed by atoms with Gasteiger partial charge in [0.15, 0.2) is 0 Å². The van der Waals surface area contributed by atoms with Crippen LogP contribution in [0.4, 0.5) is 11.8 Å². The van der Waals surface area contributed by atoms with Crippen molar-refractivity contribution in [3.05, 3.63) is 41.9 Å². The summed E-state index contributed by atoms with van der Waals surface area (Å²) in [4.78, 5) is 13.6. The zero-order chi connectivity index (χ0) is 15.5. The molecule has 2 aliphatic rings. The highest BCUT2D eigenvalue weighted by atomic mass is 15.1. The van der Waals surface area contributed by atoms with E-state index in [-0.39, 0.29) is 5.92 Å². The second-order valence-electron chi connectivity index (χ2n) is 6.51. The summed E-state index contributed by atoms with van der Waals surface area (Å²) in [6, 6.07) is 6.66. The Bertz CT molecular complexity index is 664. The van der Waals surface area contributed by atoms with Gasteiger partial charge in [-0.25, -0.2) is 15.0 Å². The third-order valence-corrected chi connectivity index (χ3v) is 4.91. The fourth-order valence-electron chi connectivity index (χ4n) is 3.66. The average Bonchev–Trinajstić information content (AvgIpc) is 2.85. The van der Waals surface area contributed by atoms with Crippen molar-refractivity contribution >= 4 is 11.8 Å². The van der Waals surface area contributed by atoms with Crippen LogP contribution in [-0.2, 0) is 0 Å². The largest absolute Gasteiger partial charge is 0.369 e. The van der Waals surface area contributed by atoms with Crippen LogP contribution in [0.25, 0.3) is 0 Å². The first-order valence-corrected chi connectivity index (χ1v) is 8.68. The number of anilines is 2. The van der Waals surface area contributed by atoms with Crippen LogP contribution >= 0.6 is 0 Å². The van der Waals surface area contributed by atoms with Crippen LogP contribution in [0.15, 0.2) is 30.6 Å². The van der Waals surface area contributed by atoms with Crippen molar-refractivity contribution in [2.45, 2.75) is 50.5 Å². The molecule has 23 heavy (non-hydrogen) atoms. The molecular formula is C18H23N5. The summed E-state index contributed by atoms with van der Waals surface area (Å²) in [5, 5.41) is 6.92. The van der Waals surface area contributed by atoms with Crippen LogP contribution in [0, 0.1) is 0 Å². The lowest BCUT2D eigenvalue weighted by Gasteiger charge is -2.17. The molecule has 0 bridgehead atoms. The fraction of sp³-hybridized carbons (Fsp3) is 0.500. The SMILES string of the molecule is c1cnc2c(c1)C(c1ccnc(NC3CCCCCC3)n1)CN2. The van der Waals surface area contributed by atoms with E-state index in [0.29, 0.717) is 6.04 Å². The first-order valence-electron chi connectivity index (χ1n) is 8.68. The Morgan fingerprint density at radius 1 is 1.00 bits per heavy atom. The maximum absolute atomic E-state index is 4.79. The third-order valence-electron chi connectivity index (χ3n) is 4.91. The number of fused-ring (bicyclic) bond motifs is 1. The molecule has 120 valence electrons. The summed E-state index contributed by atoms with van der Waals surface area (Å²) in [6.07, 6.45) is 11.5. The van der Waals surface area contributed by atoms with Crippen molar-refractivity contribution in [2.24, 2.45) is 0 Å². The maximum Gasteiger partial charge on any atom is 0.223 e. The summed E-state index contributed by atoms with van der Waals surface area (Å²) in [6.45, 7) is 0.853. The molecule has 0 aromatic carbocycles. The lowest BCUT2D eigenvalue weighted by atomic mass is 9.99. The van der Waals surface area contributed by atoms with E-state index in [9.17, 15) is 0 Å². The monoisotopic (exact) mass is 309 g/mol. The van der Waals surface area contributed by atoms with Gasteiger partial charge in [0.2, 0.25) is 5.95 Å². The van der Waals surface area contributed by atoms with Gasteiger partial charge in [-0.3, -0.25) is 0 Å². The molecule has 2 aromatic heterocycles. The van der Waals surface area contributed by atoms with Gasteiger partial charge in [0.05, 0.1) is 5.69 Å². The fourth-order valence-corrected chi connectivity index (χ4v) is 3.66. The van der Waals surface area contributed by atoms with Crippen molar-refractivity contribution in [3.63, 3.8) is 0 Å². The minimum Gasteiger partial charge on any atom is -0.369 e. The maximum atomic E-state index is 4.79. The molecule has 3 heterocycles. The zero-order valence-electron chi connectivity index (χ0n) is 13.3. The summed E-state index contributed by atoms with van der Waals surface area (Å²) in [5.74, 6) is 2.01. The summed E-state index contributed by atoms with van der Waals surface area (Å²) >= 11 is 0. The van der Waals surface area contributed by atoms with Gasteiger partial charge in [-0.05, 0) is 25.0 Å². The first-order chi connectivity index (χ1) is 11.4. The lowest BCUT2D eigenvalue weighted by Crippen LogP contribution is -2.20. The molecule has 0 spiro atoms. The molecule has 5 nitrogen and oxygen atoms in total. The van der Waals surface area contributed by atoms with E-state index in [4.69, 9.17) is 4.98 Å². The normalized spacial score (nSPS) is 21.3. The third kappa shape index (κ3) is 3.14. The van der Waals surface area contributed by atoms with Crippen LogP contribution in [0.2, 0.25) is 0 Å². The van der Waals surface area contributed by atoms with Crippen molar-refractivity contribution in [2.75, 3.05) is 17.2 Å². The highest BCUT2D eigenvalue weighted by Crippen LogP contribution is 2.33. The van der Waals surface area contributed by atoms with E-state index in [0.717, 1.165) is 24.0 Å². The number of pyridine rings is 1. The minimum atomic E-state index is 0.261. The highest BCUT2D eigenvalue weighted by molar-refractivity contribution is 5.54. The van der Waals surface area contributed by atoms with Gasteiger partial charge in [0.1, 0.15) is 5.82 Å². The van der Waals surface area contributed by atoms with Crippen molar-refractivity contribution < 1.29 is 0 Å². The van der Waals surface area contributed by atoms with Gasteiger partial charge in [-0.2, -0.15) is 0 Å². The van der Waals surface area contributed by atoms with Gasteiger partial charge in [0.25, 0.3) is 0 Å². The van der Waals surface area contributed by atoms with Gasteiger partial charge >= 0.3 is 0 Å². The molecule has 2 N–H and O–H groups in total. The Hall–Kier alpha value is -2.17. The Kier molecular flexibility index (Phi) is 4.09. The van der Waals surface area contributed by atoms with E-state index in [1.807, 2.05) is 24.5 Å². The molecule has 4 rings (SSSR count). The number of nitrogens with one attached hydrogen (secondary N) is 2. The summed E-state index contributed by atoms with van der Waals surface area (Å²) in [5.41, 5.74) is 2.29. The Labute approximate surface area is 137 Å². The Morgan fingerprint density at radius 2 is 1.87 bits per heavy atom. The standard InChI is InChI=1S/C18H23N5/c1-2-4-7-13(6-3-1)22-18-20-11-9-16(23-18)15-12-21-17-14(15)8-5-10-19-17/h5,8-11,13,15H,1-4,6-7,12H2,(H,19,21)(H,20,22,23). The predicted octanol–water partition coefficient (Wildman–Crippen LogP) is 3.56. The molecule has 1 atom stereocenters. The van der Waals surface area contributed by atoms with Crippen molar-refractivity contribution in [1.29, 1.82) is 0 Å². The van der Waals surface area contributed by atoms with Crippen LogP contribution in [0.1, 0.15) is 55.7 Å². The smallest absolute Gasteiger partial charge is 0.223 e. The van der Waals surface area contributed by atoms with Crippen LogP contribution in [0.3, 0.4) is 0 Å². The van der Waals surface area contributed by atoms with Crippen molar-refractivity contribution in [1.82, 2.24) is 15.0 Å². The van der Waals surface area contributed by atoms with Crippen LogP contribution in [-0.4, -0.2) is 27.5 Å². The Morgan fingerprint density at radius 3 is 2.74 bits per heavy atom. The molecule has 0 radical (unpaired) electrons. The molecule has 0 amide bonds. The second kappa shape index (κ2) is 6.52. The number of rotatable bonds is 3. The minimum absolute atomic E-state index is 0.261. The molecule has 2 aromatic rings. The lowest BCUT2D eigenvalue weighted by molar-refractivity contribution is 0.614. The van der Waals surface area contributed by atoms with E-state index < -0.39 is 0 Å². The van der Waals surface area contributed by atoms with Gasteiger partial charge < -0.3 is 10.6 Å². The van der Waals surface area contributed by atoms with E-state index in [1.54, 1.807) is 0 Å². The van der Waals surface area contributed by atoms with E-state index in [1.165, 1.54) is 44.1 Å². The van der Waals surface area contributed by atoms with E-state index in [2.05, 4.69) is 26.7 Å². The first kappa shape index (κ1) is 14.4. The average molecular weight is 309 g/mol. The molecule has 1 aliphatic carbocycles. The van der Waals surface area contributed by atoms with Crippen molar-refractivity contribution in [3.8, 4) is 0 Å². The topological polar surface area (TPSA) is 62.7 Å². The van der Waals surface area contributed by atoms with E-state index >= 15 is 0 Å². The van der Waals surface area contributed by atoms with Crippen LogP contribution in [0.5, 0.6) is 0 Å². The highest BCUT2D eigenvalue weighted by Gasteiger charge is 2.26.